The van der Waals surface area contributed by atoms with Crippen LogP contribution in [0.1, 0.15) is 5.56 Å². The number of esters is 1. The molecule has 2 rings (SSSR count). The van der Waals surface area contributed by atoms with Crippen LogP contribution in [0.2, 0.25) is 0 Å². The molecule has 0 spiro atoms. The van der Waals surface area contributed by atoms with Crippen molar-refractivity contribution >= 4 is 12.0 Å². The zero-order valence-corrected chi connectivity index (χ0v) is 13.3. The van der Waals surface area contributed by atoms with Crippen LogP contribution in [0.25, 0.3) is 6.08 Å². The zero-order valence-electron chi connectivity index (χ0n) is 13.3. The van der Waals surface area contributed by atoms with Gasteiger partial charge in [-0.05, 0) is 23.8 Å². The monoisotopic (exact) mass is 356 g/mol. The molecule has 0 amide bonds. The number of aliphatic hydroxyl groups is 4. The summed E-state index contributed by atoms with van der Waals surface area (Å²) in [5.41, 5.74) is 0.490. The lowest BCUT2D eigenvalue weighted by Crippen LogP contribution is -2.60. The van der Waals surface area contributed by atoms with Gasteiger partial charge in [0.05, 0.1) is 13.7 Å². The van der Waals surface area contributed by atoms with Gasteiger partial charge in [-0.2, -0.15) is 0 Å². The van der Waals surface area contributed by atoms with Gasteiger partial charge in [-0.15, -0.1) is 0 Å². The van der Waals surface area contributed by atoms with Crippen LogP contribution in [0.15, 0.2) is 24.3 Å². The standard InChI is InChI=1S/C16H20O9/c1-23-12(19)5-3-8-2-4-10(9(18)6-8)24-16-15(22)14(21)13(20)11(7-17)25-16/h2-6,11,13-18,20-22H,7H2,1H3/t11-,13-,14+,15-,16-/m1/s1. The molecule has 9 heteroatoms. The van der Waals surface area contributed by atoms with Crippen molar-refractivity contribution < 1.29 is 44.5 Å². The minimum absolute atomic E-state index is 0.0560. The van der Waals surface area contributed by atoms with E-state index in [4.69, 9.17) is 14.6 Å². The van der Waals surface area contributed by atoms with E-state index in [1.807, 2.05) is 0 Å². The molecule has 5 atom stereocenters. The van der Waals surface area contributed by atoms with Gasteiger partial charge in [0.2, 0.25) is 6.29 Å². The van der Waals surface area contributed by atoms with Gasteiger partial charge < -0.3 is 39.7 Å². The lowest BCUT2D eigenvalue weighted by Gasteiger charge is -2.39. The van der Waals surface area contributed by atoms with Crippen molar-refractivity contribution in [3.05, 3.63) is 29.8 Å². The Morgan fingerprint density at radius 3 is 2.56 bits per heavy atom. The predicted molar refractivity (Wildman–Crippen MR) is 83.6 cm³/mol. The summed E-state index contributed by atoms with van der Waals surface area (Å²) in [4.78, 5) is 11.0. The molecule has 25 heavy (non-hydrogen) atoms. The van der Waals surface area contributed by atoms with Crippen LogP contribution in [0.3, 0.4) is 0 Å². The van der Waals surface area contributed by atoms with Crippen molar-refractivity contribution in [3.63, 3.8) is 0 Å². The minimum atomic E-state index is -1.59. The van der Waals surface area contributed by atoms with Crippen LogP contribution in [-0.4, -0.2) is 75.9 Å². The van der Waals surface area contributed by atoms with Crippen molar-refractivity contribution in [1.82, 2.24) is 0 Å². The average Bonchev–Trinajstić information content (AvgIpc) is 2.61. The van der Waals surface area contributed by atoms with Gasteiger partial charge in [-0.3, -0.25) is 0 Å². The molecule has 0 bridgehead atoms. The average molecular weight is 356 g/mol. The van der Waals surface area contributed by atoms with Crippen LogP contribution in [0.5, 0.6) is 11.5 Å². The number of aliphatic hydroxyl groups excluding tert-OH is 4. The van der Waals surface area contributed by atoms with Gasteiger partial charge in [-0.1, -0.05) is 6.07 Å². The SMILES string of the molecule is COC(=O)C=Cc1ccc(O[C@@H]2O[C@H](CO)[C@@H](O)[C@H](O)[C@H]2O)c(O)c1. The number of rotatable bonds is 5. The first-order chi connectivity index (χ1) is 11.9. The molecule has 1 aromatic carbocycles. The van der Waals surface area contributed by atoms with E-state index in [0.717, 1.165) is 0 Å². The molecule has 0 saturated carbocycles. The number of phenols is 1. The number of benzene rings is 1. The molecule has 0 radical (unpaired) electrons. The topological polar surface area (TPSA) is 146 Å². The normalized spacial score (nSPS) is 29.6. The summed E-state index contributed by atoms with van der Waals surface area (Å²) in [6.07, 6.45) is -4.60. The van der Waals surface area contributed by atoms with Crippen LogP contribution in [0, 0.1) is 0 Å². The van der Waals surface area contributed by atoms with E-state index in [1.54, 1.807) is 0 Å². The van der Waals surface area contributed by atoms with Crippen LogP contribution in [-0.2, 0) is 14.3 Å². The Morgan fingerprint density at radius 1 is 1.24 bits per heavy atom. The Labute approximate surface area is 143 Å². The molecule has 0 unspecified atom stereocenters. The fourth-order valence-electron chi connectivity index (χ4n) is 2.26. The van der Waals surface area contributed by atoms with E-state index >= 15 is 0 Å². The molecule has 5 N–H and O–H groups in total. The maximum absolute atomic E-state index is 11.0. The first-order valence-electron chi connectivity index (χ1n) is 7.43. The third-order valence-corrected chi connectivity index (χ3v) is 3.69. The molecule has 138 valence electrons. The van der Waals surface area contributed by atoms with E-state index in [1.165, 1.54) is 37.5 Å². The highest BCUT2D eigenvalue weighted by atomic mass is 16.7. The van der Waals surface area contributed by atoms with Gasteiger partial charge in [0.15, 0.2) is 11.5 Å². The van der Waals surface area contributed by atoms with E-state index in [9.17, 15) is 25.2 Å². The number of phenolic OH excluding ortho intramolecular Hbond substituents is 1. The van der Waals surface area contributed by atoms with E-state index < -0.39 is 43.3 Å². The molecule has 0 aliphatic carbocycles. The third-order valence-electron chi connectivity index (χ3n) is 3.69. The predicted octanol–water partition coefficient (Wildman–Crippen LogP) is -1.24. The Morgan fingerprint density at radius 2 is 1.96 bits per heavy atom. The third kappa shape index (κ3) is 4.47. The summed E-state index contributed by atoms with van der Waals surface area (Å²) in [5, 5.41) is 48.5. The smallest absolute Gasteiger partial charge is 0.330 e. The first-order valence-corrected chi connectivity index (χ1v) is 7.43. The van der Waals surface area contributed by atoms with Crippen LogP contribution < -0.4 is 4.74 Å². The number of carbonyl (C=O) groups excluding carboxylic acids is 1. The van der Waals surface area contributed by atoms with Gasteiger partial charge in [-0.25, -0.2) is 4.79 Å². The van der Waals surface area contributed by atoms with Crippen molar-refractivity contribution in [2.45, 2.75) is 30.7 Å². The lowest BCUT2D eigenvalue weighted by molar-refractivity contribution is -0.277. The van der Waals surface area contributed by atoms with Gasteiger partial charge in [0, 0.05) is 6.08 Å². The molecule has 1 aromatic rings. The van der Waals surface area contributed by atoms with Crippen molar-refractivity contribution in [3.8, 4) is 11.5 Å². The van der Waals surface area contributed by atoms with Crippen molar-refractivity contribution in [1.29, 1.82) is 0 Å². The molecule has 0 aromatic heterocycles. The largest absolute Gasteiger partial charge is 0.504 e. The number of methoxy groups -OCH3 is 1. The molecule has 1 heterocycles. The molecular formula is C16H20O9. The van der Waals surface area contributed by atoms with Crippen LogP contribution in [0.4, 0.5) is 0 Å². The maximum atomic E-state index is 11.0. The minimum Gasteiger partial charge on any atom is -0.504 e. The molecule has 1 saturated heterocycles. The second-order valence-electron chi connectivity index (χ2n) is 5.40. The molecule has 1 aliphatic rings. The second-order valence-corrected chi connectivity index (χ2v) is 5.40. The number of carbonyl (C=O) groups is 1. The van der Waals surface area contributed by atoms with Gasteiger partial charge in [0.25, 0.3) is 0 Å². The van der Waals surface area contributed by atoms with Crippen molar-refractivity contribution in [2.75, 3.05) is 13.7 Å². The number of hydrogen-bond donors (Lipinski definition) is 5. The summed E-state index contributed by atoms with van der Waals surface area (Å²) < 4.78 is 15.0. The Kier molecular flexibility index (Phi) is 6.34. The lowest BCUT2D eigenvalue weighted by atomic mass is 9.99. The van der Waals surface area contributed by atoms with Crippen LogP contribution >= 0.6 is 0 Å². The zero-order chi connectivity index (χ0) is 18.6. The molecular weight excluding hydrogens is 336 g/mol. The molecule has 9 nitrogen and oxygen atoms in total. The summed E-state index contributed by atoms with van der Waals surface area (Å²) >= 11 is 0. The highest BCUT2D eigenvalue weighted by molar-refractivity contribution is 5.87. The summed E-state index contributed by atoms with van der Waals surface area (Å²) in [7, 11) is 1.24. The fraction of sp³-hybridized carbons (Fsp3) is 0.438. The number of hydrogen-bond acceptors (Lipinski definition) is 9. The Hall–Kier alpha value is -2.17. The van der Waals surface area contributed by atoms with E-state index in [-0.39, 0.29) is 11.5 Å². The molecule has 1 fully saturated rings. The fourth-order valence-corrected chi connectivity index (χ4v) is 2.26. The molecule has 1 aliphatic heterocycles. The first kappa shape index (κ1) is 19.2. The Bertz CT molecular complexity index is 628. The van der Waals surface area contributed by atoms with Gasteiger partial charge in [0.1, 0.15) is 24.4 Å². The number of ether oxygens (including phenoxy) is 3. The number of aromatic hydroxyl groups is 1. The summed E-state index contributed by atoms with van der Waals surface area (Å²) in [5.74, 6) is -0.912. The quantitative estimate of drug-likeness (QED) is 0.323. The highest BCUT2D eigenvalue weighted by Crippen LogP contribution is 2.31. The van der Waals surface area contributed by atoms with E-state index in [2.05, 4.69) is 4.74 Å². The Balaban J connectivity index is 2.11. The summed E-state index contributed by atoms with van der Waals surface area (Å²) in [6.45, 7) is -0.589. The second kappa shape index (κ2) is 8.28. The highest BCUT2D eigenvalue weighted by Gasteiger charge is 2.44. The van der Waals surface area contributed by atoms with Gasteiger partial charge >= 0.3 is 5.97 Å². The maximum Gasteiger partial charge on any atom is 0.330 e. The van der Waals surface area contributed by atoms with Crippen molar-refractivity contribution in [2.24, 2.45) is 0 Å². The summed E-state index contributed by atoms with van der Waals surface area (Å²) in [6, 6.07) is 4.20. The van der Waals surface area contributed by atoms with E-state index in [0.29, 0.717) is 5.56 Å².